The Bertz CT molecular complexity index is 491. The highest BCUT2D eigenvalue weighted by atomic mass is 16.2. The lowest BCUT2D eigenvalue weighted by Gasteiger charge is -2.37. The first-order valence-corrected chi connectivity index (χ1v) is 8.59. The molecule has 3 heterocycles. The number of amides is 2. The molecule has 0 unspecified atom stereocenters. The van der Waals surface area contributed by atoms with Crippen LogP contribution in [0.2, 0.25) is 0 Å². The van der Waals surface area contributed by atoms with E-state index in [1.807, 2.05) is 4.90 Å². The highest BCUT2D eigenvalue weighted by Gasteiger charge is 2.28. The van der Waals surface area contributed by atoms with Gasteiger partial charge >= 0.3 is 6.03 Å². The van der Waals surface area contributed by atoms with E-state index in [1.54, 1.807) is 18.6 Å². The van der Waals surface area contributed by atoms with Gasteiger partial charge in [0.05, 0.1) is 6.20 Å². The zero-order valence-electron chi connectivity index (χ0n) is 13.6. The van der Waals surface area contributed by atoms with E-state index in [2.05, 4.69) is 25.5 Å². The summed E-state index contributed by atoms with van der Waals surface area (Å²) >= 11 is 0. The van der Waals surface area contributed by atoms with Gasteiger partial charge in [0.2, 0.25) is 0 Å². The summed E-state index contributed by atoms with van der Waals surface area (Å²) in [7, 11) is 0. The smallest absolute Gasteiger partial charge is 0.317 e. The molecule has 0 aliphatic carbocycles. The number of rotatable bonds is 5. The van der Waals surface area contributed by atoms with Crippen LogP contribution >= 0.6 is 0 Å². The van der Waals surface area contributed by atoms with Crippen LogP contribution in [0.4, 0.5) is 10.6 Å². The molecule has 7 nitrogen and oxygen atoms in total. The third kappa shape index (κ3) is 4.54. The molecular formula is C16H26N6O. The molecule has 7 heteroatoms. The Morgan fingerprint density at radius 1 is 1.17 bits per heavy atom. The summed E-state index contributed by atoms with van der Waals surface area (Å²) in [5.74, 6) is 0.730. The standard InChI is InChI=1S/C16H26N6O/c23-16(20-8-7-19-15-12-17-5-6-18-15)22-11-3-4-14(13-22)21-9-1-2-10-21/h5-6,12,14H,1-4,7-11,13H2,(H,18,19)(H,20,23)/t14-/m1/s1. The van der Waals surface area contributed by atoms with Gasteiger partial charge in [-0.15, -0.1) is 0 Å². The number of anilines is 1. The maximum atomic E-state index is 12.3. The van der Waals surface area contributed by atoms with Crippen molar-refractivity contribution in [3.05, 3.63) is 18.6 Å². The average molecular weight is 318 g/mol. The van der Waals surface area contributed by atoms with E-state index in [0.717, 1.165) is 25.3 Å². The highest BCUT2D eigenvalue weighted by Crippen LogP contribution is 2.20. The minimum absolute atomic E-state index is 0.0508. The van der Waals surface area contributed by atoms with Crippen molar-refractivity contribution >= 4 is 11.8 Å². The predicted molar refractivity (Wildman–Crippen MR) is 89.3 cm³/mol. The Morgan fingerprint density at radius 2 is 2.04 bits per heavy atom. The fourth-order valence-corrected chi connectivity index (χ4v) is 3.41. The maximum Gasteiger partial charge on any atom is 0.317 e. The summed E-state index contributed by atoms with van der Waals surface area (Å²) in [6, 6.07) is 0.601. The maximum absolute atomic E-state index is 12.3. The van der Waals surface area contributed by atoms with Crippen molar-refractivity contribution in [2.45, 2.75) is 31.7 Å². The normalized spacial score (nSPS) is 22.1. The molecule has 0 aromatic carbocycles. The average Bonchev–Trinajstić information content (AvgIpc) is 3.14. The lowest BCUT2D eigenvalue weighted by atomic mass is 10.0. The molecule has 3 rings (SSSR count). The lowest BCUT2D eigenvalue weighted by molar-refractivity contribution is 0.125. The Balaban J connectivity index is 1.37. The van der Waals surface area contributed by atoms with Gasteiger partial charge in [0.1, 0.15) is 5.82 Å². The summed E-state index contributed by atoms with van der Waals surface area (Å²) in [5, 5.41) is 6.13. The number of urea groups is 1. The molecule has 2 fully saturated rings. The van der Waals surface area contributed by atoms with Crippen molar-refractivity contribution in [3.8, 4) is 0 Å². The first-order valence-electron chi connectivity index (χ1n) is 8.59. The number of piperidine rings is 1. The number of likely N-dealkylation sites (tertiary alicyclic amines) is 2. The molecule has 1 aromatic rings. The third-order valence-electron chi connectivity index (χ3n) is 4.61. The third-order valence-corrected chi connectivity index (χ3v) is 4.61. The fourth-order valence-electron chi connectivity index (χ4n) is 3.41. The van der Waals surface area contributed by atoms with Crippen molar-refractivity contribution < 1.29 is 4.79 Å². The summed E-state index contributed by atoms with van der Waals surface area (Å²) in [6.45, 7) is 5.36. The van der Waals surface area contributed by atoms with Crippen LogP contribution in [-0.4, -0.2) is 71.1 Å². The Hall–Kier alpha value is -1.89. The number of carbonyl (C=O) groups excluding carboxylic acids is 1. The van der Waals surface area contributed by atoms with E-state index in [1.165, 1.54) is 32.4 Å². The van der Waals surface area contributed by atoms with Crippen molar-refractivity contribution in [1.29, 1.82) is 0 Å². The summed E-state index contributed by atoms with van der Waals surface area (Å²) in [4.78, 5) is 25.0. The minimum Gasteiger partial charge on any atom is -0.367 e. The molecule has 2 amide bonds. The molecule has 23 heavy (non-hydrogen) atoms. The van der Waals surface area contributed by atoms with Crippen LogP contribution in [0.3, 0.4) is 0 Å². The van der Waals surface area contributed by atoms with E-state index < -0.39 is 0 Å². The lowest BCUT2D eigenvalue weighted by Crippen LogP contribution is -2.52. The van der Waals surface area contributed by atoms with Crippen LogP contribution in [-0.2, 0) is 0 Å². The van der Waals surface area contributed by atoms with Crippen molar-refractivity contribution in [2.24, 2.45) is 0 Å². The van der Waals surface area contributed by atoms with Gasteiger partial charge in [0.25, 0.3) is 0 Å². The summed E-state index contributed by atoms with van der Waals surface area (Å²) in [5.41, 5.74) is 0. The van der Waals surface area contributed by atoms with E-state index in [4.69, 9.17) is 0 Å². The summed E-state index contributed by atoms with van der Waals surface area (Å²) < 4.78 is 0. The van der Waals surface area contributed by atoms with Gasteiger partial charge in [-0.05, 0) is 38.8 Å². The topological polar surface area (TPSA) is 73.4 Å². The minimum atomic E-state index is 0.0508. The largest absolute Gasteiger partial charge is 0.367 e. The second kappa shape index (κ2) is 8.10. The van der Waals surface area contributed by atoms with E-state index in [-0.39, 0.29) is 6.03 Å². The SMILES string of the molecule is O=C(NCCNc1cnccn1)N1CCC[C@@H](N2CCCC2)C1. The predicted octanol–water partition coefficient (Wildman–Crippen LogP) is 1.16. The van der Waals surface area contributed by atoms with Crippen LogP contribution in [0.5, 0.6) is 0 Å². The fraction of sp³-hybridized carbons (Fsp3) is 0.688. The molecule has 1 atom stereocenters. The van der Waals surface area contributed by atoms with Crippen LogP contribution < -0.4 is 10.6 Å². The molecule has 126 valence electrons. The van der Waals surface area contributed by atoms with Gasteiger partial charge in [-0.2, -0.15) is 0 Å². The first kappa shape index (κ1) is 16.0. The zero-order chi connectivity index (χ0) is 15.9. The summed E-state index contributed by atoms with van der Waals surface area (Å²) in [6.07, 6.45) is 9.89. The first-order chi connectivity index (χ1) is 11.3. The number of nitrogens with zero attached hydrogens (tertiary/aromatic N) is 4. The molecule has 1 aromatic heterocycles. The Morgan fingerprint density at radius 3 is 2.83 bits per heavy atom. The number of hydrogen-bond acceptors (Lipinski definition) is 5. The van der Waals surface area contributed by atoms with E-state index in [0.29, 0.717) is 19.1 Å². The second-order valence-electron chi connectivity index (χ2n) is 6.23. The monoisotopic (exact) mass is 318 g/mol. The van der Waals surface area contributed by atoms with Crippen LogP contribution in [0.15, 0.2) is 18.6 Å². The van der Waals surface area contributed by atoms with Gasteiger partial charge in [0, 0.05) is 44.6 Å². The molecule has 2 N–H and O–H groups in total. The van der Waals surface area contributed by atoms with Crippen molar-refractivity contribution in [1.82, 2.24) is 25.1 Å². The molecule has 0 spiro atoms. The van der Waals surface area contributed by atoms with E-state index in [9.17, 15) is 4.79 Å². The van der Waals surface area contributed by atoms with Crippen LogP contribution in [0.1, 0.15) is 25.7 Å². The molecule has 0 radical (unpaired) electrons. The van der Waals surface area contributed by atoms with E-state index >= 15 is 0 Å². The Labute approximate surface area is 137 Å². The number of nitrogens with one attached hydrogen (secondary N) is 2. The molecule has 0 saturated carbocycles. The van der Waals surface area contributed by atoms with Gasteiger partial charge in [-0.25, -0.2) is 9.78 Å². The van der Waals surface area contributed by atoms with Gasteiger partial charge in [-0.3, -0.25) is 9.88 Å². The van der Waals surface area contributed by atoms with Gasteiger partial charge < -0.3 is 15.5 Å². The Kier molecular flexibility index (Phi) is 5.63. The van der Waals surface area contributed by atoms with Crippen molar-refractivity contribution in [2.75, 3.05) is 44.6 Å². The van der Waals surface area contributed by atoms with Gasteiger partial charge in [-0.1, -0.05) is 0 Å². The molecule has 0 bridgehead atoms. The molecule has 2 aliphatic rings. The number of carbonyl (C=O) groups is 1. The zero-order valence-corrected chi connectivity index (χ0v) is 13.6. The quantitative estimate of drug-likeness (QED) is 0.797. The van der Waals surface area contributed by atoms with Crippen LogP contribution in [0, 0.1) is 0 Å². The molecule has 2 aliphatic heterocycles. The number of hydrogen-bond donors (Lipinski definition) is 2. The number of aromatic nitrogens is 2. The highest BCUT2D eigenvalue weighted by molar-refractivity contribution is 5.74. The van der Waals surface area contributed by atoms with Gasteiger partial charge in [0.15, 0.2) is 0 Å². The van der Waals surface area contributed by atoms with Crippen LogP contribution in [0.25, 0.3) is 0 Å². The van der Waals surface area contributed by atoms with Crippen molar-refractivity contribution in [3.63, 3.8) is 0 Å². The second-order valence-corrected chi connectivity index (χ2v) is 6.23. The molecular weight excluding hydrogens is 292 g/mol. The molecule has 2 saturated heterocycles.